The zero-order chi connectivity index (χ0) is 44.0. The number of aliphatic hydroxyl groups is 1. The van der Waals surface area contributed by atoms with Crippen molar-refractivity contribution >= 4 is 23.6 Å². The first-order valence-corrected chi connectivity index (χ1v) is 22.5. The fourth-order valence-electron chi connectivity index (χ4n) is 5.79. The molecule has 1 unspecified atom stereocenters. The van der Waals surface area contributed by atoms with Crippen LogP contribution >= 0.6 is 0 Å². The van der Waals surface area contributed by atoms with Gasteiger partial charge in [0.15, 0.2) is 0 Å². The highest BCUT2D eigenvalue weighted by molar-refractivity contribution is 5.83. The smallest absolute Gasteiger partial charge is 0.326 e. The Kier molecular flexibility index (Phi) is 44.4. The number of ether oxygens (including phenoxy) is 8. The van der Waals surface area contributed by atoms with Crippen LogP contribution in [-0.2, 0) is 57.1 Å². The van der Waals surface area contributed by atoms with E-state index in [9.17, 15) is 29.4 Å². The molecular formula is C43H82N2O15. The molecule has 0 aromatic rings. The van der Waals surface area contributed by atoms with Gasteiger partial charge in [-0.05, 0) is 32.6 Å². The van der Waals surface area contributed by atoms with Crippen LogP contribution < -0.4 is 10.6 Å². The van der Waals surface area contributed by atoms with E-state index in [2.05, 4.69) is 10.6 Å². The summed E-state index contributed by atoms with van der Waals surface area (Å²) in [5.74, 6) is -1.99. The van der Waals surface area contributed by atoms with E-state index >= 15 is 0 Å². The Morgan fingerprint density at radius 3 is 1.12 bits per heavy atom. The van der Waals surface area contributed by atoms with E-state index in [1.807, 2.05) is 0 Å². The van der Waals surface area contributed by atoms with Gasteiger partial charge in [-0.15, -0.1) is 0 Å². The van der Waals surface area contributed by atoms with E-state index in [0.717, 1.165) is 44.9 Å². The first-order valence-electron chi connectivity index (χ1n) is 22.5. The van der Waals surface area contributed by atoms with Crippen molar-refractivity contribution in [2.45, 2.75) is 141 Å². The number of aliphatic carboxylic acids is 2. The van der Waals surface area contributed by atoms with Crippen molar-refractivity contribution in [1.82, 2.24) is 10.6 Å². The molecule has 354 valence electrons. The molecule has 0 bridgehead atoms. The maximum atomic E-state index is 12.3. The van der Waals surface area contributed by atoms with E-state index in [4.69, 9.17) is 43.0 Å². The lowest BCUT2D eigenvalue weighted by Crippen LogP contribution is -2.42. The maximum absolute atomic E-state index is 12.3. The number of nitrogens with one attached hydrogen (secondary N) is 2. The molecular weight excluding hydrogens is 784 g/mol. The molecule has 0 saturated carbocycles. The van der Waals surface area contributed by atoms with Crippen LogP contribution in [0.1, 0.15) is 129 Å². The zero-order valence-corrected chi connectivity index (χ0v) is 36.9. The number of unbranched alkanes of at least 4 members (excludes halogenated alkanes) is 13. The summed E-state index contributed by atoms with van der Waals surface area (Å²) in [6, 6.07) is -1.05. The maximum Gasteiger partial charge on any atom is 0.326 e. The fourth-order valence-corrected chi connectivity index (χ4v) is 5.79. The monoisotopic (exact) mass is 867 g/mol. The summed E-state index contributed by atoms with van der Waals surface area (Å²) in [7, 11) is 0. The zero-order valence-electron chi connectivity index (χ0n) is 36.9. The molecule has 0 aliphatic rings. The quantitative estimate of drug-likeness (QED) is 0.0413. The minimum absolute atomic E-state index is 0.108. The summed E-state index contributed by atoms with van der Waals surface area (Å²) in [6.45, 7) is 8.98. The van der Waals surface area contributed by atoms with Crippen molar-refractivity contribution in [3.05, 3.63) is 0 Å². The molecule has 5 N–H and O–H groups in total. The Balaban J connectivity index is 3.48. The number of carbonyl (C=O) groups excluding carboxylic acids is 2. The number of hydrogen-bond acceptors (Lipinski definition) is 14. The first kappa shape index (κ1) is 57.7. The van der Waals surface area contributed by atoms with Crippen molar-refractivity contribution in [2.24, 2.45) is 0 Å². The average molecular weight is 867 g/mol. The third-order valence-corrected chi connectivity index (χ3v) is 9.24. The molecule has 1 amide bonds. The van der Waals surface area contributed by atoms with E-state index in [1.54, 1.807) is 0 Å². The number of ketones is 1. The third-order valence-electron chi connectivity index (χ3n) is 9.24. The van der Waals surface area contributed by atoms with Crippen LogP contribution in [0.3, 0.4) is 0 Å². The average Bonchev–Trinajstić information content (AvgIpc) is 3.21. The number of aliphatic hydroxyl groups excluding tert-OH is 1. The van der Waals surface area contributed by atoms with Gasteiger partial charge in [-0.2, -0.15) is 0 Å². The van der Waals surface area contributed by atoms with Gasteiger partial charge in [0.05, 0.1) is 106 Å². The van der Waals surface area contributed by atoms with Crippen LogP contribution in [-0.4, -0.2) is 163 Å². The molecule has 0 radical (unpaired) electrons. The Morgan fingerprint density at radius 1 is 0.433 bits per heavy atom. The van der Waals surface area contributed by atoms with Crippen LogP contribution in [0.4, 0.5) is 0 Å². The summed E-state index contributed by atoms with van der Waals surface area (Å²) < 4.78 is 43.5. The number of hydrogen-bond donors (Lipinski definition) is 5. The summed E-state index contributed by atoms with van der Waals surface area (Å²) in [5.41, 5.74) is 0. The van der Waals surface area contributed by atoms with Gasteiger partial charge in [0, 0.05) is 25.8 Å². The highest BCUT2D eigenvalue weighted by Gasteiger charge is 2.21. The van der Waals surface area contributed by atoms with E-state index in [0.29, 0.717) is 125 Å². The number of amides is 1. The molecule has 0 spiro atoms. The number of rotatable bonds is 50. The van der Waals surface area contributed by atoms with Gasteiger partial charge < -0.3 is 58.5 Å². The van der Waals surface area contributed by atoms with Crippen molar-refractivity contribution in [3.63, 3.8) is 0 Å². The first-order chi connectivity index (χ1) is 29.2. The molecule has 17 heteroatoms. The summed E-state index contributed by atoms with van der Waals surface area (Å²) >= 11 is 0. The van der Waals surface area contributed by atoms with Crippen LogP contribution in [0, 0.1) is 0 Å². The van der Waals surface area contributed by atoms with Crippen molar-refractivity contribution in [3.8, 4) is 0 Å². The van der Waals surface area contributed by atoms with Crippen molar-refractivity contribution < 1.29 is 72.4 Å². The van der Waals surface area contributed by atoms with Crippen molar-refractivity contribution in [2.75, 3.05) is 112 Å². The second-order valence-electron chi connectivity index (χ2n) is 14.7. The summed E-state index contributed by atoms with van der Waals surface area (Å²) in [6.07, 6.45) is 15.7. The van der Waals surface area contributed by atoms with Gasteiger partial charge in [0.2, 0.25) is 5.91 Å². The van der Waals surface area contributed by atoms with Gasteiger partial charge in [-0.1, -0.05) is 77.0 Å². The van der Waals surface area contributed by atoms with Gasteiger partial charge in [0.1, 0.15) is 18.1 Å². The second-order valence-corrected chi connectivity index (χ2v) is 14.7. The Bertz CT molecular complexity index is 994. The van der Waals surface area contributed by atoms with Crippen LogP contribution in [0.2, 0.25) is 0 Å². The Labute approximate surface area is 359 Å². The second kappa shape index (κ2) is 46.2. The fraction of sp³-hybridized carbons (Fsp3) is 0.907. The number of carboxylic acids is 2. The molecule has 0 rings (SSSR count). The molecule has 0 aliphatic carbocycles. The normalized spacial score (nSPS) is 12.4. The van der Waals surface area contributed by atoms with E-state index < -0.39 is 24.2 Å². The Morgan fingerprint density at radius 2 is 0.767 bits per heavy atom. The molecule has 0 aliphatic heterocycles. The SMILES string of the molecule is CC(=O)CCOCCOCCOCCOCCOCCOCCOCCOCCNC(O)CC[C@H](NC(=O)CCCCCCCCCCCCCCCCC(=O)O)C(=O)O. The highest BCUT2D eigenvalue weighted by atomic mass is 16.6. The number of carboxylic acid groups (broad SMARTS) is 2. The molecule has 0 aromatic heterocycles. The molecule has 0 aromatic carbocycles. The summed E-state index contributed by atoms with van der Waals surface area (Å²) in [4.78, 5) is 45.3. The van der Waals surface area contributed by atoms with Gasteiger partial charge >= 0.3 is 11.9 Å². The lowest BCUT2D eigenvalue weighted by Gasteiger charge is -2.18. The number of Topliss-reactive ketones (excluding diaryl/α,β-unsaturated/α-hetero) is 1. The van der Waals surface area contributed by atoms with E-state index in [1.165, 1.54) is 51.9 Å². The molecule has 60 heavy (non-hydrogen) atoms. The lowest BCUT2D eigenvalue weighted by molar-refractivity contribution is -0.142. The van der Waals surface area contributed by atoms with Gasteiger partial charge in [0.25, 0.3) is 0 Å². The van der Waals surface area contributed by atoms with Crippen LogP contribution in [0.15, 0.2) is 0 Å². The largest absolute Gasteiger partial charge is 0.481 e. The minimum atomic E-state index is -1.12. The molecule has 0 fully saturated rings. The predicted octanol–water partition coefficient (Wildman–Crippen LogP) is 4.68. The van der Waals surface area contributed by atoms with Gasteiger partial charge in [-0.25, -0.2) is 4.79 Å². The van der Waals surface area contributed by atoms with E-state index in [-0.39, 0.29) is 31.0 Å². The third kappa shape index (κ3) is 46.7. The summed E-state index contributed by atoms with van der Waals surface area (Å²) in [5, 5.41) is 33.9. The molecule has 17 nitrogen and oxygen atoms in total. The molecule has 2 atom stereocenters. The van der Waals surface area contributed by atoms with Crippen LogP contribution in [0.25, 0.3) is 0 Å². The molecule has 0 saturated heterocycles. The standard InChI is InChI=1S/C43H82N2O15/c1-38(46)20-22-53-24-26-55-28-30-57-32-34-59-36-37-60-35-33-58-31-29-56-27-25-54-23-21-44-40(47)19-18-39(43(51)52)45-41(48)16-14-12-10-8-6-4-2-3-5-7-9-11-13-15-17-42(49)50/h39-40,44,47H,2-37H2,1H3,(H,45,48)(H,49,50)(H,51,52)/t39-,40?/m0/s1. The molecule has 0 heterocycles. The lowest BCUT2D eigenvalue weighted by atomic mass is 10.0. The topological polar surface area (TPSA) is 227 Å². The van der Waals surface area contributed by atoms with Gasteiger partial charge in [-0.3, -0.25) is 19.7 Å². The number of carbonyl (C=O) groups is 4. The predicted molar refractivity (Wildman–Crippen MR) is 226 cm³/mol. The highest BCUT2D eigenvalue weighted by Crippen LogP contribution is 2.14. The minimum Gasteiger partial charge on any atom is -0.481 e. The van der Waals surface area contributed by atoms with Crippen molar-refractivity contribution in [1.29, 1.82) is 0 Å². The van der Waals surface area contributed by atoms with Crippen LogP contribution in [0.5, 0.6) is 0 Å². The Hall–Kier alpha value is -2.32.